The van der Waals surface area contributed by atoms with Crippen molar-refractivity contribution in [1.82, 2.24) is 14.5 Å². The summed E-state index contributed by atoms with van der Waals surface area (Å²) in [5.74, 6) is -0.0766. The van der Waals surface area contributed by atoms with E-state index in [0.29, 0.717) is 43.4 Å². The number of hydrogen-bond acceptors (Lipinski definition) is 4. The zero-order valence-electron chi connectivity index (χ0n) is 19.7. The van der Waals surface area contributed by atoms with Gasteiger partial charge in [0.1, 0.15) is 0 Å². The molecular formula is C26H35N3O3S. The van der Waals surface area contributed by atoms with Crippen molar-refractivity contribution in [1.29, 1.82) is 0 Å². The van der Waals surface area contributed by atoms with E-state index in [0.717, 1.165) is 31.5 Å². The Hall–Kier alpha value is -2.22. The number of sulfonamides is 1. The van der Waals surface area contributed by atoms with E-state index in [-0.39, 0.29) is 11.8 Å². The zero-order chi connectivity index (χ0) is 23.4. The molecule has 178 valence electrons. The average Bonchev–Trinajstić information content (AvgIpc) is 2.84. The molecule has 0 saturated carbocycles. The standard InChI is InChI=1S/C26H35N3O3S/c1-3-24(28-15-12-21-6-4-5-7-23(21)19-28)18-27-26(30)22-13-16-29(17-14-22)33(31,32)25-10-8-20(2)9-11-25/h4-11,22,24H,3,12-19H2,1-2H3,(H,27,30). The van der Waals surface area contributed by atoms with Gasteiger partial charge in [-0.15, -0.1) is 0 Å². The quantitative estimate of drug-likeness (QED) is 0.675. The fraction of sp³-hybridized carbons (Fsp3) is 0.500. The maximum atomic E-state index is 12.9. The average molecular weight is 470 g/mol. The lowest BCUT2D eigenvalue weighted by molar-refractivity contribution is -0.126. The van der Waals surface area contributed by atoms with Crippen LogP contribution >= 0.6 is 0 Å². The number of amides is 1. The molecule has 7 heteroatoms. The Bertz CT molecular complexity index is 1060. The number of nitrogens with zero attached hydrogens (tertiary/aromatic N) is 2. The van der Waals surface area contributed by atoms with Crippen molar-refractivity contribution in [2.45, 2.75) is 57.0 Å². The van der Waals surface area contributed by atoms with E-state index in [1.807, 2.05) is 19.1 Å². The van der Waals surface area contributed by atoms with Gasteiger partial charge >= 0.3 is 0 Å². The van der Waals surface area contributed by atoms with Crippen LogP contribution in [0, 0.1) is 12.8 Å². The van der Waals surface area contributed by atoms with E-state index >= 15 is 0 Å². The predicted octanol–water partition coefficient (Wildman–Crippen LogP) is 3.35. The lowest BCUT2D eigenvalue weighted by atomic mass is 9.96. The summed E-state index contributed by atoms with van der Waals surface area (Å²) < 4.78 is 27.3. The molecule has 33 heavy (non-hydrogen) atoms. The highest BCUT2D eigenvalue weighted by Crippen LogP contribution is 2.25. The van der Waals surface area contributed by atoms with Crippen molar-refractivity contribution >= 4 is 15.9 Å². The maximum absolute atomic E-state index is 12.9. The monoisotopic (exact) mass is 469 g/mol. The SMILES string of the molecule is CCC(CNC(=O)C1CCN(S(=O)(=O)c2ccc(C)cc2)CC1)N1CCc2ccccc2C1. The number of piperidine rings is 1. The Labute approximate surface area is 198 Å². The highest BCUT2D eigenvalue weighted by molar-refractivity contribution is 7.89. The molecule has 1 unspecified atom stereocenters. The van der Waals surface area contributed by atoms with Gasteiger partial charge in [0.05, 0.1) is 4.90 Å². The Kier molecular flexibility index (Phi) is 7.51. The number of benzene rings is 2. The van der Waals surface area contributed by atoms with Gasteiger partial charge < -0.3 is 5.32 Å². The Morgan fingerprint density at radius 3 is 2.36 bits per heavy atom. The minimum Gasteiger partial charge on any atom is -0.354 e. The van der Waals surface area contributed by atoms with Crippen LogP contribution in [0.4, 0.5) is 0 Å². The van der Waals surface area contributed by atoms with Crippen molar-refractivity contribution in [2.24, 2.45) is 5.92 Å². The molecule has 0 aromatic heterocycles. The first-order valence-electron chi connectivity index (χ1n) is 12.0. The summed E-state index contributed by atoms with van der Waals surface area (Å²) in [4.78, 5) is 15.7. The number of carbonyl (C=O) groups is 1. The highest BCUT2D eigenvalue weighted by Gasteiger charge is 2.32. The van der Waals surface area contributed by atoms with Crippen LogP contribution in [0.2, 0.25) is 0 Å². The minimum absolute atomic E-state index is 0.0539. The predicted molar refractivity (Wildman–Crippen MR) is 130 cm³/mol. The van der Waals surface area contributed by atoms with Crippen LogP contribution in [0.1, 0.15) is 42.9 Å². The number of carbonyl (C=O) groups excluding carboxylic acids is 1. The van der Waals surface area contributed by atoms with Crippen molar-refractivity contribution in [3.8, 4) is 0 Å². The van der Waals surface area contributed by atoms with Crippen LogP contribution in [0.25, 0.3) is 0 Å². The summed E-state index contributed by atoms with van der Waals surface area (Å²) in [5.41, 5.74) is 3.85. The van der Waals surface area contributed by atoms with Gasteiger partial charge in [0, 0.05) is 44.7 Å². The van der Waals surface area contributed by atoms with Crippen molar-refractivity contribution < 1.29 is 13.2 Å². The number of aryl methyl sites for hydroxylation is 1. The van der Waals surface area contributed by atoms with Gasteiger partial charge in [-0.1, -0.05) is 48.9 Å². The Morgan fingerprint density at radius 1 is 1.03 bits per heavy atom. The second-order valence-corrected chi connectivity index (χ2v) is 11.2. The minimum atomic E-state index is -3.50. The van der Waals surface area contributed by atoms with Crippen LogP contribution in [0.15, 0.2) is 53.4 Å². The molecule has 2 aliphatic rings. The van der Waals surface area contributed by atoms with E-state index in [2.05, 4.69) is 41.4 Å². The summed E-state index contributed by atoms with van der Waals surface area (Å²) in [6.45, 7) is 7.46. The van der Waals surface area contributed by atoms with E-state index in [1.165, 1.54) is 15.4 Å². The van der Waals surface area contributed by atoms with Crippen molar-refractivity contribution in [2.75, 3.05) is 26.2 Å². The second kappa shape index (κ2) is 10.4. The fourth-order valence-corrected chi connectivity index (χ4v) is 6.41. The normalized spacial score (nSPS) is 19.1. The number of hydrogen-bond donors (Lipinski definition) is 1. The third-order valence-electron chi connectivity index (χ3n) is 7.14. The molecule has 1 atom stereocenters. The molecule has 2 aromatic carbocycles. The van der Waals surface area contributed by atoms with E-state index < -0.39 is 10.0 Å². The molecule has 1 fully saturated rings. The lowest BCUT2D eigenvalue weighted by Crippen LogP contribution is -2.48. The molecule has 0 radical (unpaired) electrons. The largest absolute Gasteiger partial charge is 0.354 e. The molecule has 6 nitrogen and oxygen atoms in total. The van der Waals surface area contributed by atoms with Gasteiger partial charge in [0.15, 0.2) is 0 Å². The summed E-state index contributed by atoms with van der Waals surface area (Å²) >= 11 is 0. The van der Waals surface area contributed by atoms with Gasteiger partial charge in [-0.3, -0.25) is 9.69 Å². The third-order valence-corrected chi connectivity index (χ3v) is 9.06. The van der Waals surface area contributed by atoms with Gasteiger partial charge in [-0.2, -0.15) is 4.31 Å². The summed E-state index contributed by atoms with van der Waals surface area (Å²) in [6, 6.07) is 15.9. The molecule has 2 aromatic rings. The summed E-state index contributed by atoms with van der Waals surface area (Å²) in [6.07, 6.45) is 3.15. The van der Waals surface area contributed by atoms with Gasteiger partial charge in [0.2, 0.25) is 15.9 Å². The van der Waals surface area contributed by atoms with E-state index in [1.54, 1.807) is 12.1 Å². The van der Waals surface area contributed by atoms with Gasteiger partial charge in [-0.25, -0.2) is 8.42 Å². The first-order chi connectivity index (χ1) is 15.9. The molecule has 1 N–H and O–H groups in total. The second-order valence-electron chi connectivity index (χ2n) is 9.29. The molecule has 0 bridgehead atoms. The molecule has 1 amide bonds. The fourth-order valence-electron chi connectivity index (χ4n) is 4.94. The van der Waals surface area contributed by atoms with Crippen LogP contribution < -0.4 is 5.32 Å². The Balaban J connectivity index is 1.28. The molecule has 4 rings (SSSR count). The highest BCUT2D eigenvalue weighted by atomic mass is 32.2. The van der Waals surface area contributed by atoms with Crippen molar-refractivity contribution in [3.63, 3.8) is 0 Å². The first-order valence-corrected chi connectivity index (χ1v) is 13.5. The number of fused-ring (bicyclic) bond motifs is 1. The van der Waals surface area contributed by atoms with Crippen molar-refractivity contribution in [3.05, 3.63) is 65.2 Å². The van der Waals surface area contributed by atoms with E-state index in [4.69, 9.17) is 0 Å². The summed E-state index contributed by atoms with van der Waals surface area (Å²) in [5, 5.41) is 3.17. The maximum Gasteiger partial charge on any atom is 0.243 e. The molecule has 0 spiro atoms. The first kappa shape index (κ1) is 23.9. The summed E-state index contributed by atoms with van der Waals surface area (Å²) in [7, 11) is -3.50. The van der Waals surface area contributed by atoms with Crippen LogP contribution in [0.3, 0.4) is 0 Å². The van der Waals surface area contributed by atoms with E-state index in [9.17, 15) is 13.2 Å². The van der Waals surface area contributed by atoms with Crippen LogP contribution in [0.5, 0.6) is 0 Å². The molecule has 2 aliphatic heterocycles. The van der Waals surface area contributed by atoms with Gasteiger partial charge in [0.25, 0.3) is 0 Å². The number of rotatable bonds is 7. The molecule has 2 heterocycles. The lowest BCUT2D eigenvalue weighted by Gasteiger charge is -2.36. The molecular weight excluding hydrogens is 434 g/mol. The van der Waals surface area contributed by atoms with Crippen LogP contribution in [-0.4, -0.2) is 55.8 Å². The van der Waals surface area contributed by atoms with Gasteiger partial charge in [-0.05, 0) is 55.9 Å². The molecule has 1 saturated heterocycles. The smallest absolute Gasteiger partial charge is 0.243 e. The zero-order valence-corrected chi connectivity index (χ0v) is 20.5. The topological polar surface area (TPSA) is 69.7 Å². The Morgan fingerprint density at radius 2 is 1.70 bits per heavy atom. The number of nitrogens with one attached hydrogen (secondary N) is 1. The van der Waals surface area contributed by atoms with Crippen LogP contribution in [-0.2, 0) is 27.8 Å². The molecule has 0 aliphatic carbocycles. The third kappa shape index (κ3) is 5.48.